The Labute approximate surface area is 110 Å². The molecule has 0 radical (unpaired) electrons. The van der Waals surface area contributed by atoms with Crippen LogP contribution in [0.15, 0.2) is 54.3 Å². The highest BCUT2D eigenvalue weighted by atomic mass is 16.6. The van der Waals surface area contributed by atoms with Gasteiger partial charge in [-0.25, -0.2) is 0 Å². The number of non-ortho nitro benzene ring substituents is 1. The zero-order valence-electron chi connectivity index (χ0n) is 10.5. The summed E-state index contributed by atoms with van der Waals surface area (Å²) >= 11 is 0. The zero-order valence-corrected chi connectivity index (χ0v) is 10.5. The third kappa shape index (κ3) is 2.29. The number of rotatable bonds is 3. The summed E-state index contributed by atoms with van der Waals surface area (Å²) in [6, 6.07) is 6.95. The zero-order chi connectivity index (χ0) is 13.2. The van der Waals surface area contributed by atoms with Crippen molar-refractivity contribution in [3.05, 3.63) is 64.4 Å². The summed E-state index contributed by atoms with van der Waals surface area (Å²) in [5.74, 6) is 0. The van der Waals surface area contributed by atoms with Gasteiger partial charge in [0.05, 0.1) is 4.92 Å². The van der Waals surface area contributed by atoms with Crippen molar-refractivity contribution in [3.63, 3.8) is 0 Å². The third-order valence-corrected chi connectivity index (χ3v) is 3.44. The Kier molecular flexibility index (Phi) is 2.91. The number of nitro groups is 1. The van der Waals surface area contributed by atoms with Gasteiger partial charge in [0.25, 0.3) is 5.69 Å². The van der Waals surface area contributed by atoms with Gasteiger partial charge in [0, 0.05) is 35.8 Å². The molecule has 1 aromatic carbocycles. The molecule has 0 amide bonds. The smallest absolute Gasteiger partial charge is 0.270 e. The van der Waals surface area contributed by atoms with E-state index >= 15 is 0 Å². The number of hydrogen-bond acceptors (Lipinski definition) is 2. The third-order valence-electron chi connectivity index (χ3n) is 3.44. The number of nitrogens with zero attached hydrogens (tertiary/aromatic N) is 2. The van der Waals surface area contributed by atoms with Gasteiger partial charge in [0.2, 0.25) is 0 Å². The van der Waals surface area contributed by atoms with E-state index in [1.54, 1.807) is 12.1 Å². The van der Waals surface area contributed by atoms with Gasteiger partial charge in [-0.15, -0.1) is 0 Å². The number of hydrogen-bond donors (Lipinski definition) is 0. The topological polar surface area (TPSA) is 48.1 Å². The largest absolute Gasteiger partial charge is 0.343 e. The molecule has 0 fully saturated rings. The van der Waals surface area contributed by atoms with Crippen molar-refractivity contribution in [1.82, 2.24) is 4.57 Å². The van der Waals surface area contributed by atoms with Gasteiger partial charge in [-0.05, 0) is 25.0 Å². The molecule has 0 saturated carbocycles. The van der Waals surface area contributed by atoms with Crippen LogP contribution in [0.2, 0.25) is 0 Å². The average Bonchev–Trinajstić information content (AvgIpc) is 2.82. The van der Waals surface area contributed by atoms with E-state index in [0.717, 1.165) is 30.3 Å². The van der Waals surface area contributed by atoms with Gasteiger partial charge in [-0.3, -0.25) is 10.1 Å². The van der Waals surface area contributed by atoms with Gasteiger partial charge >= 0.3 is 0 Å². The first kappa shape index (κ1) is 11.7. The summed E-state index contributed by atoms with van der Waals surface area (Å²) in [5.41, 5.74) is 2.57. The van der Waals surface area contributed by atoms with E-state index in [-0.39, 0.29) is 10.6 Å². The van der Waals surface area contributed by atoms with Crippen LogP contribution in [0.25, 0.3) is 10.9 Å². The van der Waals surface area contributed by atoms with Gasteiger partial charge in [0.15, 0.2) is 0 Å². The van der Waals surface area contributed by atoms with Crippen molar-refractivity contribution in [2.45, 2.75) is 19.4 Å². The first-order valence-corrected chi connectivity index (χ1v) is 6.32. The van der Waals surface area contributed by atoms with Gasteiger partial charge in [0.1, 0.15) is 0 Å². The maximum Gasteiger partial charge on any atom is 0.270 e. The van der Waals surface area contributed by atoms with Crippen LogP contribution in [0.3, 0.4) is 0 Å². The molecule has 1 aliphatic rings. The van der Waals surface area contributed by atoms with Crippen LogP contribution in [0.4, 0.5) is 5.69 Å². The van der Waals surface area contributed by atoms with Crippen molar-refractivity contribution in [2.24, 2.45) is 0 Å². The minimum atomic E-state index is -0.356. The molecule has 0 atom stereocenters. The van der Waals surface area contributed by atoms with Crippen LogP contribution in [0.1, 0.15) is 12.8 Å². The molecule has 2 aromatic rings. The number of benzene rings is 1. The second-order valence-electron chi connectivity index (χ2n) is 4.74. The second-order valence-corrected chi connectivity index (χ2v) is 4.74. The molecule has 96 valence electrons. The maximum atomic E-state index is 10.8. The molecule has 19 heavy (non-hydrogen) atoms. The van der Waals surface area contributed by atoms with E-state index in [0.29, 0.717) is 0 Å². The highest BCUT2D eigenvalue weighted by Gasteiger charge is 2.09. The Morgan fingerprint density at radius 1 is 1.32 bits per heavy atom. The van der Waals surface area contributed by atoms with Crippen LogP contribution in [0.5, 0.6) is 0 Å². The average molecular weight is 254 g/mol. The van der Waals surface area contributed by atoms with E-state index in [4.69, 9.17) is 0 Å². The summed E-state index contributed by atoms with van der Waals surface area (Å²) in [6.07, 6.45) is 10.6. The molecule has 1 aromatic heterocycles. The molecule has 0 unspecified atom stereocenters. The molecule has 0 saturated heterocycles. The first-order valence-electron chi connectivity index (χ1n) is 6.32. The fraction of sp³-hybridized carbons (Fsp3) is 0.200. The molecule has 0 spiro atoms. The van der Waals surface area contributed by atoms with Crippen LogP contribution < -0.4 is 0 Å². The van der Waals surface area contributed by atoms with Gasteiger partial charge < -0.3 is 4.57 Å². The lowest BCUT2D eigenvalue weighted by Gasteiger charge is -2.11. The molecule has 4 nitrogen and oxygen atoms in total. The number of allylic oxidation sites excluding steroid dienone is 4. The summed E-state index contributed by atoms with van der Waals surface area (Å²) in [7, 11) is 0. The van der Waals surface area contributed by atoms with Gasteiger partial charge in [-0.2, -0.15) is 0 Å². The lowest BCUT2D eigenvalue weighted by molar-refractivity contribution is -0.384. The normalized spacial score (nSPS) is 14.6. The summed E-state index contributed by atoms with van der Waals surface area (Å²) < 4.78 is 2.14. The molecule has 0 aliphatic heterocycles. The van der Waals surface area contributed by atoms with Crippen LogP contribution in [-0.2, 0) is 6.54 Å². The molecule has 3 rings (SSSR count). The Morgan fingerprint density at radius 2 is 2.21 bits per heavy atom. The quantitative estimate of drug-likeness (QED) is 0.617. The highest BCUT2D eigenvalue weighted by Crippen LogP contribution is 2.23. The monoisotopic (exact) mass is 254 g/mol. The molecule has 0 bridgehead atoms. The van der Waals surface area contributed by atoms with Gasteiger partial charge in [-0.1, -0.05) is 23.8 Å². The lowest BCUT2D eigenvalue weighted by atomic mass is 10.1. The van der Waals surface area contributed by atoms with Crippen molar-refractivity contribution < 1.29 is 4.92 Å². The summed E-state index contributed by atoms with van der Waals surface area (Å²) in [5, 5.41) is 11.7. The maximum absolute atomic E-state index is 10.8. The minimum absolute atomic E-state index is 0.144. The molecule has 0 N–H and O–H groups in total. The summed E-state index contributed by atoms with van der Waals surface area (Å²) in [4.78, 5) is 10.4. The lowest BCUT2D eigenvalue weighted by Crippen LogP contribution is -2.01. The Morgan fingerprint density at radius 3 is 2.95 bits per heavy atom. The second kappa shape index (κ2) is 4.72. The van der Waals surface area contributed by atoms with E-state index in [2.05, 4.69) is 22.8 Å². The SMILES string of the molecule is O=[N+]([O-])c1ccc2c(ccn2CC2=CC=CCC2)c1. The highest BCUT2D eigenvalue weighted by molar-refractivity contribution is 5.82. The standard InChI is InChI=1S/C15H14N2O2/c18-17(19)14-6-7-15-13(10-14)8-9-16(15)11-12-4-2-1-3-5-12/h1-2,4,6-10H,3,5,11H2. The van der Waals surface area contributed by atoms with Crippen molar-refractivity contribution in [2.75, 3.05) is 0 Å². The predicted octanol–water partition coefficient (Wildman–Crippen LogP) is 3.83. The van der Waals surface area contributed by atoms with Crippen LogP contribution in [-0.4, -0.2) is 9.49 Å². The molecule has 4 heteroatoms. The van der Waals surface area contributed by atoms with E-state index in [1.165, 1.54) is 5.57 Å². The minimum Gasteiger partial charge on any atom is -0.343 e. The van der Waals surface area contributed by atoms with Crippen molar-refractivity contribution in [1.29, 1.82) is 0 Å². The van der Waals surface area contributed by atoms with Crippen LogP contribution >= 0.6 is 0 Å². The number of aromatic nitrogens is 1. The fourth-order valence-electron chi connectivity index (χ4n) is 2.44. The molecular formula is C15H14N2O2. The molecule has 1 aliphatic carbocycles. The number of fused-ring (bicyclic) bond motifs is 1. The molecular weight excluding hydrogens is 240 g/mol. The van der Waals surface area contributed by atoms with Crippen molar-refractivity contribution in [3.8, 4) is 0 Å². The van der Waals surface area contributed by atoms with Crippen molar-refractivity contribution >= 4 is 16.6 Å². The molecule has 1 heterocycles. The Bertz CT molecular complexity index is 695. The van der Waals surface area contributed by atoms with E-state index < -0.39 is 0 Å². The first-order chi connectivity index (χ1) is 9.24. The predicted molar refractivity (Wildman–Crippen MR) is 75.0 cm³/mol. The Balaban J connectivity index is 1.94. The van der Waals surface area contributed by atoms with Crippen LogP contribution in [0, 0.1) is 10.1 Å². The van der Waals surface area contributed by atoms with E-state index in [1.807, 2.05) is 18.3 Å². The number of nitro benzene ring substituents is 1. The Hall–Kier alpha value is -2.36. The summed E-state index contributed by atoms with van der Waals surface area (Å²) in [6.45, 7) is 0.853. The fourth-order valence-corrected chi connectivity index (χ4v) is 2.44. The van der Waals surface area contributed by atoms with E-state index in [9.17, 15) is 10.1 Å².